The van der Waals surface area contributed by atoms with Crippen LogP contribution in [0.4, 0.5) is 0 Å². The van der Waals surface area contributed by atoms with Crippen LogP contribution in [0.5, 0.6) is 0 Å². The summed E-state index contributed by atoms with van der Waals surface area (Å²) in [6.45, 7) is 0.671. The number of methoxy groups -OCH3 is 1. The Balaban J connectivity index is 1.92. The summed E-state index contributed by atoms with van der Waals surface area (Å²) in [5, 5.41) is 4.44. The molecule has 0 bridgehead atoms. The Bertz CT molecular complexity index is 750. The van der Waals surface area contributed by atoms with E-state index < -0.39 is 5.97 Å². The molecule has 0 radical (unpaired) electrons. The van der Waals surface area contributed by atoms with Crippen molar-refractivity contribution in [2.24, 2.45) is 0 Å². The molecular weight excluding hydrogens is 254 g/mol. The molecule has 0 spiro atoms. The zero-order valence-electron chi connectivity index (χ0n) is 11.0. The first-order valence-corrected chi connectivity index (χ1v) is 6.23. The van der Waals surface area contributed by atoms with Crippen LogP contribution in [-0.2, 0) is 11.3 Å². The summed E-state index contributed by atoms with van der Waals surface area (Å²) in [4.78, 5) is 15.7. The molecule has 2 aromatic heterocycles. The highest BCUT2D eigenvalue weighted by Crippen LogP contribution is 2.12. The van der Waals surface area contributed by atoms with Crippen molar-refractivity contribution in [2.45, 2.75) is 6.54 Å². The van der Waals surface area contributed by atoms with Gasteiger partial charge in [-0.1, -0.05) is 30.3 Å². The van der Waals surface area contributed by atoms with Crippen molar-refractivity contribution in [3.8, 4) is 0 Å². The van der Waals surface area contributed by atoms with Gasteiger partial charge in [-0.3, -0.25) is 4.68 Å². The lowest BCUT2D eigenvalue weighted by molar-refractivity contribution is 0.0594. The molecule has 0 aliphatic carbocycles. The number of aromatic nitrogens is 3. The van der Waals surface area contributed by atoms with Gasteiger partial charge < -0.3 is 4.74 Å². The van der Waals surface area contributed by atoms with E-state index in [0.717, 1.165) is 11.1 Å². The monoisotopic (exact) mass is 267 g/mol. The van der Waals surface area contributed by atoms with Crippen LogP contribution in [0.25, 0.3) is 11.0 Å². The molecule has 0 N–H and O–H groups in total. The third kappa shape index (κ3) is 2.38. The minimum Gasteiger partial charge on any atom is -0.464 e. The van der Waals surface area contributed by atoms with E-state index in [1.54, 1.807) is 12.1 Å². The quantitative estimate of drug-likeness (QED) is 0.683. The third-order valence-electron chi connectivity index (χ3n) is 2.99. The highest BCUT2D eigenvalue weighted by Gasteiger charge is 2.10. The molecule has 5 nitrogen and oxygen atoms in total. The molecule has 0 aliphatic heterocycles. The number of hydrogen-bond donors (Lipinski definition) is 0. The molecule has 1 aromatic carbocycles. The zero-order valence-corrected chi connectivity index (χ0v) is 11.0. The number of carbonyl (C=O) groups excluding carboxylic acids is 1. The number of ether oxygens (including phenoxy) is 1. The Hall–Kier alpha value is -2.69. The maximum atomic E-state index is 11.4. The van der Waals surface area contributed by atoms with Gasteiger partial charge in [-0.05, 0) is 17.7 Å². The first-order chi connectivity index (χ1) is 9.76. The maximum absolute atomic E-state index is 11.4. The van der Waals surface area contributed by atoms with E-state index in [-0.39, 0.29) is 0 Å². The number of rotatable bonds is 3. The lowest BCUT2D eigenvalue weighted by Crippen LogP contribution is -2.03. The van der Waals surface area contributed by atoms with Crippen molar-refractivity contribution in [1.29, 1.82) is 0 Å². The van der Waals surface area contributed by atoms with Crippen LogP contribution in [0.1, 0.15) is 16.1 Å². The summed E-state index contributed by atoms with van der Waals surface area (Å²) in [5.74, 6) is -0.442. The minimum atomic E-state index is -0.442. The lowest BCUT2D eigenvalue weighted by Gasteiger charge is -1.99. The Morgan fingerprint density at radius 1 is 1.15 bits per heavy atom. The summed E-state index contributed by atoms with van der Waals surface area (Å²) in [6.07, 6.45) is 1.83. The molecule has 2 heterocycles. The molecule has 0 atom stereocenters. The molecule has 3 rings (SSSR count). The second kappa shape index (κ2) is 5.13. The van der Waals surface area contributed by atoms with Crippen molar-refractivity contribution >= 4 is 17.0 Å². The highest BCUT2D eigenvalue weighted by molar-refractivity contribution is 5.90. The average Bonchev–Trinajstić information content (AvgIpc) is 2.88. The van der Waals surface area contributed by atoms with E-state index >= 15 is 0 Å². The summed E-state index contributed by atoms with van der Waals surface area (Å²) >= 11 is 0. The van der Waals surface area contributed by atoms with E-state index in [9.17, 15) is 4.79 Å². The molecule has 0 aliphatic rings. The van der Waals surface area contributed by atoms with Gasteiger partial charge in [-0.25, -0.2) is 9.78 Å². The van der Waals surface area contributed by atoms with Crippen LogP contribution in [0.2, 0.25) is 0 Å². The number of carbonyl (C=O) groups is 1. The first kappa shape index (κ1) is 12.3. The normalized spacial score (nSPS) is 10.7. The van der Waals surface area contributed by atoms with Gasteiger partial charge >= 0.3 is 5.97 Å². The van der Waals surface area contributed by atoms with Crippen molar-refractivity contribution in [1.82, 2.24) is 14.8 Å². The first-order valence-electron chi connectivity index (χ1n) is 6.23. The van der Waals surface area contributed by atoms with Gasteiger partial charge in [0.15, 0.2) is 0 Å². The van der Waals surface area contributed by atoms with Gasteiger partial charge in [-0.15, -0.1) is 0 Å². The summed E-state index contributed by atoms with van der Waals surface area (Å²) in [5.41, 5.74) is 2.89. The van der Waals surface area contributed by atoms with Gasteiger partial charge in [0, 0.05) is 0 Å². The fourth-order valence-corrected chi connectivity index (χ4v) is 2.03. The van der Waals surface area contributed by atoms with Crippen LogP contribution in [0.3, 0.4) is 0 Å². The van der Waals surface area contributed by atoms with E-state index in [0.29, 0.717) is 17.8 Å². The van der Waals surface area contributed by atoms with Crippen LogP contribution in [-0.4, -0.2) is 27.8 Å². The van der Waals surface area contributed by atoms with E-state index in [4.69, 9.17) is 0 Å². The summed E-state index contributed by atoms with van der Waals surface area (Å²) in [6, 6.07) is 13.4. The van der Waals surface area contributed by atoms with Gasteiger partial charge in [0.05, 0.1) is 19.9 Å². The Morgan fingerprint density at radius 3 is 2.70 bits per heavy atom. The predicted molar refractivity (Wildman–Crippen MR) is 74.4 cm³/mol. The van der Waals surface area contributed by atoms with Crippen molar-refractivity contribution in [3.05, 3.63) is 59.9 Å². The second-order valence-corrected chi connectivity index (χ2v) is 4.40. The molecule has 0 unspecified atom stereocenters. The zero-order chi connectivity index (χ0) is 13.9. The third-order valence-corrected chi connectivity index (χ3v) is 2.99. The van der Waals surface area contributed by atoms with E-state index in [2.05, 4.69) is 14.8 Å². The van der Waals surface area contributed by atoms with Crippen LogP contribution in [0.15, 0.2) is 48.7 Å². The number of fused-ring (bicyclic) bond motifs is 1. The van der Waals surface area contributed by atoms with Crippen LogP contribution in [0, 0.1) is 0 Å². The van der Waals surface area contributed by atoms with E-state index in [1.165, 1.54) is 7.11 Å². The second-order valence-electron chi connectivity index (χ2n) is 4.40. The lowest BCUT2D eigenvalue weighted by atomic mass is 10.2. The summed E-state index contributed by atoms with van der Waals surface area (Å²) in [7, 11) is 1.34. The number of nitrogens with zero attached hydrogens (tertiary/aromatic N) is 3. The number of pyridine rings is 1. The highest BCUT2D eigenvalue weighted by atomic mass is 16.5. The largest absolute Gasteiger partial charge is 0.464 e. The van der Waals surface area contributed by atoms with Crippen molar-refractivity contribution in [3.63, 3.8) is 0 Å². The molecule has 0 saturated carbocycles. The van der Waals surface area contributed by atoms with Crippen molar-refractivity contribution < 1.29 is 9.53 Å². The van der Waals surface area contributed by atoms with Gasteiger partial charge in [0.1, 0.15) is 16.7 Å². The standard InChI is InChI=1S/C15H13N3O2/c1-20-15(19)13-8-7-12-14(16-13)10-18(17-12)9-11-5-3-2-4-6-11/h2-8,10H,9H2,1H3. The molecule has 20 heavy (non-hydrogen) atoms. The van der Waals surface area contributed by atoms with Gasteiger partial charge in [0.2, 0.25) is 0 Å². The SMILES string of the molecule is COC(=O)c1ccc2nn(Cc3ccccc3)cc2n1. The molecule has 0 fully saturated rings. The number of benzene rings is 1. The van der Waals surface area contributed by atoms with Crippen LogP contribution >= 0.6 is 0 Å². The van der Waals surface area contributed by atoms with Crippen LogP contribution < -0.4 is 0 Å². The fraction of sp³-hybridized carbons (Fsp3) is 0.133. The Morgan fingerprint density at radius 2 is 1.95 bits per heavy atom. The topological polar surface area (TPSA) is 57.0 Å². The molecule has 0 amide bonds. The van der Waals surface area contributed by atoms with E-state index in [1.807, 2.05) is 41.2 Å². The number of esters is 1. The maximum Gasteiger partial charge on any atom is 0.356 e. The Kier molecular flexibility index (Phi) is 3.16. The smallest absolute Gasteiger partial charge is 0.356 e. The molecule has 3 aromatic rings. The van der Waals surface area contributed by atoms with Gasteiger partial charge in [0.25, 0.3) is 0 Å². The van der Waals surface area contributed by atoms with Crippen molar-refractivity contribution in [2.75, 3.05) is 7.11 Å². The predicted octanol–water partition coefficient (Wildman–Crippen LogP) is 2.27. The fourth-order valence-electron chi connectivity index (χ4n) is 2.03. The molecular formula is C15H13N3O2. The minimum absolute atomic E-state index is 0.291. The average molecular weight is 267 g/mol. The molecule has 5 heteroatoms. The molecule has 100 valence electrons. The Labute approximate surface area is 115 Å². The van der Waals surface area contributed by atoms with Gasteiger partial charge in [-0.2, -0.15) is 5.10 Å². The molecule has 0 saturated heterocycles. The summed E-state index contributed by atoms with van der Waals surface area (Å²) < 4.78 is 6.47. The number of hydrogen-bond acceptors (Lipinski definition) is 4.